The minimum absolute atomic E-state index is 0.0686. The van der Waals surface area contributed by atoms with Gasteiger partial charge in [0.15, 0.2) is 12.2 Å². The zero-order valence-corrected chi connectivity index (χ0v) is 61.5. The fraction of sp³-hybridized carbons (Fsp3) is 0.688. The second-order valence-electron chi connectivity index (χ2n) is 24.1. The molecule has 0 fully saturated rings. The molecule has 5 atom stereocenters. The van der Waals surface area contributed by atoms with Crippen LogP contribution in [0.5, 0.6) is 0 Å². The normalized spacial score (nSPS) is 14.7. The van der Waals surface area contributed by atoms with Crippen molar-refractivity contribution in [3.05, 3.63) is 122 Å². The number of allylic oxidation sites excluding steroid dienone is 20. The topological polar surface area (TPSA) is 237 Å². The van der Waals surface area contributed by atoms with Crippen molar-refractivity contribution < 1.29 is 80.2 Å². The van der Waals surface area contributed by atoms with E-state index in [-0.39, 0.29) is 25.7 Å². The zero-order chi connectivity index (χ0) is 70.4. The predicted molar refractivity (Wildman–Crippen MR) is 390 cm³/mol. The summed E-state index contributed by atoms with van der Waals surface area (Å²) in [5.74, 6) is -2.25. The van der Waals surface area contributed by atoms with E-state index < -0.39 is 97.5 Å². The monoisotopic (exact) mass is 1390 g/mol. The first kappa shape index (κ1) is 91.5. The van der Waals surface area contributed by atoms with Crippen LogP contribution in [-0.4, -0.2) is 96.7 Å². The third-order valence-corrected chi connectivity index (χ3v) is 16.8. The maximum Gasteiger partial charge on any atom is 0.472 e. The first-order chi connectivity index (χ1) is 46.7. The van der Waals surface area contributed by atoms with Crippen LogP contribution in [0.1, 0.15) is 285 Å². The smallest absolute Gasteiger partial charge is 0.462 e. The number of aliphatic hydroxyl groups excluding tert-OH is 1. The number of carbonyl (C=O) groups is 4. The Hall–Kier alpha value is -4.54. The van der Waals surface area contributed by atoms with E-state index in [1.807, 2.05) is 0 Å². The summed E-state index contributed by atoms with van der Waals surface area (Å²) in [5, 5.41) is 10.6. The lowest BCUT2D eigenvalue weighted by Gasteiger charge is -2.21. The zero-order valence-electron chi connectivity index (χ0n) is 59.8. The van der Waals surface area contributed by atoms with E-state index in [9.17, 15) is 43.2 Å². The van der Waals surface area contributed by atoms with Crippen molar-refractivity contribution in [3.8, 4) is 0 Å². The number of unbranched alkanes of at least 4 members (excludes halogenated alkanes) is 22. The van der Waals surface area contributed by atoms with Crippen LogP contribution >= 0.6 is 15.6 Å². The van der Waals surface area contributed by atoms with Gasteiger partial charge in [-0.15, -0.1) is 0 Å². The number of aliphatic hydroxyl groups is 1. The van der Waals surface area contributed by atoms with Gasteiger partial charge in [0.05, 0.1) is 26.4 Å². The van der Waals surface area contributed by atoms with E-state index in [1.54, 1.807) is 0 Å². The number of phosphoric acid groups is 2. The molecule has 0 aromatic carbocycles. The van der Waals surface area contributed by atoms with E-state index in [0.717, 1.165) is 205 Å². The van der Waals surface area contributed by atoms with E-state index in [0.29, 0.717) is 25.7 Å². The van der Waals surface area contributed by atoms with Gasteiger partial charge in [0.25, 0.3) is 0 Å². The van der Waals surface area contributed by atoms with Crippen LogP contribution in [0.2, 0.25) is 0 Å². The molecule has 0 aromatic heterocycles. The summed E-state index contributed by atoms with van der Waals surface area (Å²) >= 11 is 0. The van der Waals surface area contributed by atoms with E-state index >= 15 is 0 Å². The third-order valence-electron chi connectivity index (χ3n) is 14.9. The Balaban J connectivity index is 5.39. The molecule has 0 aromatic rings. The van der Waals surface area contributed by atoms with Crippen LogP contribution in [0.3, 0.4) is 0 Å². The molecule has 0 amide bonds. The van der Waals surface area contributed by atoms with Gasteiger partial charge < -0.3 is 33.8 Å². The second-order valence-corrected chi connectivity index (χ2v) is 27.0. The highest BCUT2D eigenvalue weighted by molar-refractivity contribution is 7.47. The number of esters is 4. The number of hydrogen-bond acceptors (Lipinski definition) is 15. The SMILES string of the molecule is CC/C=C\C/C=C\C/C=C\CCCCCCCC(=O)OCC(COP(=O)(O)OCC(O)COP(=O)(O)OCC(COC(=O)CCCCCCC/C=C\C/C=C\CCC)OC(=O)CCCCCCC/C=C\C/C=C\CCC)OC(=O)CCCCCCC/C=C\C/C=C\C/C=C\CC. The molecule has 19 heteroatoms. The Kier molecular flexibility index (Phi) is 65.7. The summed E-state index contributed by atoms with van der Waals surface area (Å²) in [7, 11) is -9.96. The van der Waals surface area contributed by atoms with Crippen molar-refractivity contribution in [2.24, 2.45) is 0 Å². The van der Waals surface area contributed by atoms with Crippen LogP contribution in [0, 0.1) is 0 Å². The molecule has 0 aliphatic carbocycles. The van der Waals surface area contributed by atoms with Gasteiger partial charge in [-0.25, -0.2) is 9.13 Å². The van der Waals surface area contributed by atoms with E-state index in [1.165, 1.54) is 0 Å². The molecule has 17 nitrogen and oxygen atoms in total. The van der Waals surface area contributed by atoms with Crippen molar-refractivity contribution in [1.29, 1.82) is 0 Å². The van der Waals surface area contributed by atoms with E-state index in [4.69, 9.17) is 37.0 Å². The number of phosphoric ester groups is 2. The molecule has 0 saturated carbocycles. The van der Waals surface area contributed by atoms with Crippen LogP contribution in [-0.2, 0) is 65.4 Å². The second kappa shape index (κ2) is 69.0. The molecule has 0 aliphatic rings. The molecule has 0 saturated heterocycles. The largest absolute Gasteiger partial charge is 0.472 e. The van der Waals surface area contributed by atoms with Crippen molar-refractivity contribution in [2.75, 3.05) is 39.6 Å². The van der Waals surface area contributed by atoms with Crippen LogP contribution in [0.15, 0.2) is 122 Å². The molecule has 0 bridgehead atoms. The Morgan fingerprint density at radius 2 is 0.542 bits per heavy atom. The molecule has 550 valence electrons. The molecule has 0 rings (SSSR count). The van der Waals surface area contributed by atoms with Crippen LogP contribution < -0.4 is 0 Å². The van der Waals surface area contributed by atoms with Crippen molar-refractivity contribution in [2.45, 2.75) is 303 Å². The Morgan fingerprint density at radius 1 is 0.302 bits per heavy atom. The Morgan fingerprint density at radius 3 is 0.833 bits per heavy atom. The Labute approximate surface area is 581 Å². The van der Waals surface area contributed by atoms with Gasteiger partial charge in [-0.3, -0.25) is 37.3 Å². The lowest BCUT2D eigenvalue weighted by atomic mass is 10.1. The summed E-state index contributed by atoms with van der Waals surface area (Å²) in [6.07, 6.45) is 73.4. The molecular weight excluding hydrogens is 1260 g/mol. The molecule has 0 radical (unpaired) electrons. The van der Waals surface area contributed by atoms with Crippen molar-refractivity contribution >= 4 is 39.5 Å². The predicted octanol–water partition coefficient (Wildman–Crippen LogP) is 20.8. The van der Waals surface area contributed by atoms with Gasteiger partial charge in [-0.2, -0.15) is 0 Å². The fourth-order valence-corrected chi connectivity index (χ4v) is 10.9. The van der Waals surface area contributed by atoms with Crippen molar-refractivity contribution in [1.82, 2.24) is 0 Å². The first-order valence-electron chi connectivity index (χ1n) is 36.8. The molecule has 96 heavy (non-hydrogen) atoms. The minimum atomic E-state index is -4.98. The minimum Gasteiger partial charge on any atom is -0.462 e. The summed E-state index contributed by atoms with van der Waals surface area (Å²) in [5.41, 5.74) is 0. The summed E-state index contributed by atoms with van der Waals surface area (Å²) in [6, 6.07) is 0. The summed E-state index contributed by atoms with van der Waals surface area (Å²) in [6.45, 7) is 4.43. The first-order valence-corrected chi connectivity index (χ1v) is 39.8. The highest BCUT2D eigenvalue weighted by Crippen LogP contribution is 2.45. The quantitative estimate of drug-likeness (QED) is 0.0169. The Bertz CT molecular complexity index is 2300. The van der Waals surface area contributed by atoms with Gasteiger partial charge in [-0.05, 0) is 141 Å². The molecular formula is C77H130O17P2. The highest BCUT2D eigenvalue weighted by Gasteiger charge is 2.30. The van der Waals surface area contributed by atoms with Gasteiger partial charge >= 0.3 is 39.5 Å². The molecule has 3 N–H and O–H groups in total. The average Bonchev–Trinajstić information content (AvgIpc) is 1.36. The van der Waals surface area contributed by atoms with Crippen LogP contribution in [0.4, 0.5) is 0 Å². The fourth-order valence-electron chi connectivity index (χ4n) is 9.32. The summed E-state index contributed by atoms with van der Waals surface area (Å²) in [4.78, 5) is 72.7. The maximum absolute atomic E-state index is 13.1. The number of carbonyl (C=O) groups excluding carboxylic acids is 4. The van der Waals surface area contributed by atoms with E-state index in [2.05, 4.69) is 149 Å². The van der Waals surface area contributed by atoms with Gasteiger partial charge in [0.1, 0.15) is 19.3 Å². The lowest BCUT2D eigenvalue weighted by Crippen LogP contribution is -2.30. The van der Waals surface area contributed by atoms with Crippen LogP contribution in [0.25, 0.3) is 0 Å². The third kappa shape index (κ3) is 68.0. The van der Waals surface area contributed by atoms with Crippen molar-refractivity contribution in [3.63, 3.8) is 0 Å². The molecule has 0 heterocycles. The molecule has 0 spiro atoms. The van der Waals surface area contributed by atoms with Gasteiger partial charge in [-0.1, -0.05) is 239 Å². The summed E-state index contributed by atoms with van der Waals surface area (Å²) < 4.78 is 68.3. The number of hydrogen-bond donors (Lipinski definition) is 3. The highest BCUT2D eigenvalue weighted by atomic mass is 31.2. The number of ether oxygens (including phenoxy) is 4. The van der Waals surface area contributed by atoms with Gasteiger partial charge in [0.2, 0.25) is 0 Å². The standard InChI is InChI=1S/C77H130O17P2/c1-5-9-13-17-21-25-29-33-35-39-42-46-50-54-58-62-75(80)88-68-73(94-77(82)64-60-56-52-48-44-40-36-34-30-26-22-18-14-10-6-2)70-92-96(85,86)90-66-71(78)65-89-95(83,84)91-69-72(93-76(81)63-59-55-51-47-43-38-32-28-24-20-16-12-8-4)67-87-74(79)61-57-53-49-45-41-37-31-27-23-19-15-11-7-3/h9-10,13-16,19-22,25-28,31-36,71-73,78H,5-8,11-12,17-18,23-24,29-30,37-70H2,1-4H3,(H,83,84)(H,85,86)/b13-9-,14-10-,19-15-,20-16-,25-21-,26-22-,31-27-,32-28-,35-33-,36-34-. The molecule has 0 aliphatic heterocycles. The number of rotatable bonds is 68. The van der Waals surface area contributed by atoms with Gasteiger partial charge in [0, 0.05) is 25.7 Å². The lowest BCUT2D eigenvalue weighted by molar-refractivity contribution is -0.161. The molecule has 5 unspecified atom stereocenters. The maximum atomic E-state index is 13.1. The average molecular weight is 1390 g/mol.